The van der Waals surface area contributed by atoms with Gasteiger partial charge in [-0.3, -0.25) is 9.69 Å². The maximum absolute atomic E-state index is 13.5. The van der Waals surface area contributed by atoms with Crippen molar-refractivity contribution in [1.29, 1.82) is 0 Å². The van der Waals surface area contributed by atoms with Crippen LogP contribution in [0, 0.1) is 5.82 Å². The zero-order chi connectivity index (χ0) is 16.0. The molecule has 1 N–H and O–H groups in total. The van der Waals surface area contributed by atoms with Crippen molar-refractivity contribution in [2.45, 2.75) is 51.5 Å². The van der Waals surface area contributed by atoms with Gasteiger partial charge < -0.3 is 5.32 Å². The van der Waals surface area contributed by atoms with Gasteiger partial charge in [-0.15, -0.1) is 0 Å². The first-order chi connectivity index (χ1) is 10.5. The number of hydrogen-bond acceptors (Lipinski definition) is 2. The van der Waals surface area contributed by atoms with Crippen molar-refractivity contribution in [3.05, 3.63) is 35.6 Å². The Hall–Kier alpha value is -1.42. The number of hydrogen-bond donors (Lipinski definition) is 1. The van der Waals surface area contributed by atoms with Gasteiger partial charge in [0.15, 0.2) is 0 Å². The zero-order valence-corrected chi connectivity index (χ0v) is 13.7. The second-order valence-electron chi connectivity index (χ2n) is 6.73. The van der Waals surface area contributed by atoms with Crippen molar-refractivity contribution in [3.8, 4) is 0 Å². The van der Waals surface area contributed by atoms with Crippen molar-refractivity contribution in [2.75, 3.05) is 19.6 Å². The summed E-state index contributed by atoms with van der Waals surface area (Å²) in [5.74, 6) is -0.123. The number of nitrogens with zero attached hydrogens (tertiary/aromatic N) is 1. The Morgan fingerprint density at radius 2 is 1.95 bits per heavy atom. The molecule has 1 fully saturated rings. The summed E-state index contributed by atoms with van der Waals surface area (Å²) in [6.45, 7) is 7.27. The molecule has 2 rings (SSSR count). The van der Waals surface area contributed by atoms with E-state index in [1.807, 2.05) is 6.07 Å². The maximum atomic E-state index is 13.5. The Bertz CT molecular complexity index is 496. The third-order valence-corrected chi connectivity index (χ3v) is 4.49. The summed E-state index contributed by atoms with van der Waals surface area (Å²) in [6.07, 6.45) is 4.23. The molecule has 0 aromatic heterocycles. The van der Waals surface area contributed by atoms with Crippen molar-refractivity contribution < 1.29 is 9.18 Å². The van der Waals surface area contributed by atoms with Gasteiger partial charge in [0, 0.05) is 18.5 Å². The van der Waals surface area contributed by atoms with Gasteiger partial charge >= 0.3 is 0 Å². The van der Waals surface area contributed by atoms with Crippen LogP contribution in [0.5, 0.6) is 0 Å². The fraction of sp³-hybridized carbons (Fsp3) is 0.611. The monoisotopic (exact) mass is 306 g/mol. The van der Waals surface area contributed by atoms with Gasteiger partial charge in [0.05, 0.1) is 0 Å². The summed E-state index contributed by atoms with van der Waals surface area (Å²) in [7, 11) is 0. The van der Waals surface area contributed by atoms with Crippen LogP contribution in [0.4, 0.5) is 4.39 Å². The molecule has 3 nitrogen and oxygen atoms in total. The molecule has 1 aliphatic rings. The van der Waals surface area contributed by atoms with Crippen LogP contribution in [0.15, 0.2) is 24.3 Å². The molecule has 0 spiro atoms. The number of likely N-dealkylation sites (tertiary alicyclic amines) is 1. The minimum absolute atomic E-state index is 0.0116. The highest BCUT2D eigenvalue weighted by Crippen LogP contribution is 2.20. The molecule has 4 heteroatoms. The average molecular weight is 306 g/mol. The van der Waals surface area contributed by atoms with Crippen LogP contribution < -0.4 is 5.32 Å². The summed E-state index contributed by atoms with van der Waals surface area (Å²) in [5, 5.41) is 3.03. The number of carbonyl (C=O) groups excluding carboxylic acids is 1. The van der Waals surface area contributed by atoms with E-state index in [1.165, 1.54) is 18.9 Å². The number of aryl methyl sites for hydroxylation is 1. The maximum Gasteiger partial charge on any atom is 0.220 e. The van der Waals surface area contributed by atoms with E-state index in [1.54, 1.807) is 12.1 Å². The third-order valence-electron chi connectivity index (χ3n) is 4.49. The smallest absolute Gasteiger partial charge is 0.220 e. The summed E-state index contributed by atoms with van der Waals surface area (Å²) >= 11 is 0. The predicted molar refractivity (Wildman–Crippen MR) is 87.2 cm³/mol. The molecule has 0 aliphatic carbocycles. The predicted octanol–water partition coefficient (Wildman–Crippen LogP) is 3.14. The third kappa shape index (κ3) is 4.80. The molecule has 0 unspecified atom stereocenters. The lowest BCUT2D eigenvalue weighted by Crippen LogP contribution is -2.50. The van der Waals surface area contributed by atoms with Crippen LogP contribution in [0.25, 0.3) is 0 Å². The van der Waals surface area contributed by atoms with E-state index >= 15 is 0 Å². The van der Waals surface area contributed by atoms with Gasteiger partial charge in [-0.05, 0) is 64.3 Å². The highest BCUT2D eigenvalue weighted by atomic mass is 19.1. The Kier molecular flexibility index (Phi) is 5.95. The average Bonchev–Trinajstić information content (AvgIpc) is 3.02. The molecule has 0 saturated carbocycles. The number of nitrogens with one attached hydrogen (secondary N) is 1. The van der Waals surface area contributed by atoms with E-state index in [2.05, 4.69) is 24.1 Å². The fourth-order valence-corrected chi connectivity index (χ4v) is 2.98. The molecule has 0 radical (unpaired) electrons. The SMILES string of the molecule is CC(C)(CNC(=O)CCCc1ccccc1F)N1CCCC1. The zero-order valence-electron chi connectivity index (χ0n) is 13.7. The van der Waals surface area contributed by atoms with Crippen LogP contribution in [0.2, 0.25) is 0 Å². The van der Waals surface area contributed by atoms with E-state index in [4.69, 9.17) is 0 Å². The van der Waals surface area contributed by atoms with E-state index in [0.717, 1.165) is 13.1 Å². The van der Waals surface area contributed by atoms with Gasteiger partial charge in [-0.1, -0.05) is 18.2 Å². The standard InChI is InChI=1S/C18H27FN2O/c1-18(2,21-12-5-6-13-21)14-20-17(22)11-7-9-15-8-3-4-10-16(15)19/h3-4,8,10H,5-7,9,11-14H2,1-2H3,(H,20,22). The van der Waals surface area contributed by atoms with Gasteiger partial charge in [0.25, 0.3) is 0 Å². The Morgan fingerprint density at radius 1 is 1.27 bits per heavy atom. The van der Waals surface area contributed by atoms with E-state index in [-0.39, 0.29) is 17.3 Å². The Balaban J connectivity index is 1.68. The summed E-state index contributed by atoms with van der Waals surface area (Å²) in [6, 6.07) is 6.76. The van der Waals surface area contributed by atoms with Gasteiger partial charge in [-0.2, -0.15) is 0 Å². The molecule has 1 aromatic carbocycles. The topological polar surface area (TPSA) is 32.3 Å². The van der Waals surface area contributed by atoms with Crippen LogP contribution in [0.1, 0.15) is 45.1 Å². The van der Waals surface area contributed by atoms with Gasteiger partial charge in [-0.25, -0.2) is 4.39 Å². The first-order valence-electron chi connectivity index (χ1n) is 8.24. The van der Waals surface area contributed by atoms with Gasteiger partial charge in [0.1, 0.15) is 5.82 Å². The van der Waals surface area contributed by atoms with Gasteiger partial charge in [0.2, 0.25) is 5.91 Å². The fourth-order valence-electron chi connectivity index (χ4n) is 2.98. The van der Waals surface area contributed by atoms with Crippen LogP contribution in [-0.2, 0) is 11.2 Å². The molecule has 1 aliphatic heterocycles. The summed E-state index contributed by atoms with van der Waals surface area (Å²) in [4.78, 5) is 14.4. The molecule has 0 atom stereocenters. The van der Waals surface area contributed by atoms with Crippen LogP contribution in [-0.4, -0.2) is 36.0 Å². The lowest BCUT2D eigenvalue weighted by atomic mass is 10.0. The van der Waals surface area contributed by atoms with E-state index < -0.39 is 0 Å². The Morgan fingerprint density at radius 3 is 2.64 bits per heavy atom. The van der Waals surface area contributed by atoms with Crippen LogP contribution >= 0.6 is 0 Å². The second-order valence-corrected chi connectivity index (χ2v) is 6.73. The van der Waals surface area contributed by atoms with Crippen molar-refractivity contribution in [3.63, 3.8) is 0 Å². The molecule has 1 heterocycles. The minimum Gasteiger partial charge on any atom is -0.354 e. The van der Waals surface area contributed by atoms with Crippen molar-refractivity contribution in [1.82, 2.24) is 10.2 Å². The molecule has 22 heavy (non-hydrogen) atoms. The van der Waals surface area contributed by atoms with E-state index in [0.29, 0.717) is 31.4 Å². The highest BCUT2D eigenvalue weighted by Gasteiger charge is 2.29. The van der Waals surface area contributed by atoms with Crippen LogP contribution in [0.3, 0.4) is 0 Å². The Labute approximate surface area is 132 Å². The first kappa shape index (κ1) is 16.9. The molecule has 1 saturated heterocycles. The number of benzene rings is 1. The number of rotatable bonds is 7. The minimum atomic E-state index is -0.182. The summed E-state index contributed by atoms with van der Waals surface area (Å²) in [5.41, 5.74) is 0.699. The molecule has 122 valence electrons. The van der Waals surface area contributed by atoms with E-state index in [9.17, 15) is 9.18 Å². The summed E-state index contributed by atoms with van der Waals surface area (Å²) < 4.78 is 13.5. The molecule has 1 amide bonds. The lowest BCUT2D eigenvalue weighted by Gasteiger charge is -2.35. The molecular formula is C18H27FN2O. The largest absolute Gasteiger partial charge is 0.354 e. The quantitative estimate of drug-likeness (QED) is 0.839. The number of carbonyl (C=O) groups is 1. The van der Waals surface area contributed by atoms with Crippen molar-refractivity contribution >= 4 is 5.91 Å². The second kappa shape index (κ2) is 7.73. The highest BCUT2D eigenvalue weighted by molar-refractivity contribution is 5.75. The lowest BCUT2D eigenvalue weighted by molar-refractivity contribution is -0.121. The first-order valence-corrected chi connectivity index (χ1v) is 8.24. The number of amides is 1. The molecule has 0 bridgehead atoms. The molecular weight excluding hydrogens is 279 g/mol. The van der Waals surface area contributed by atoms with Crippen molar-refractivity contribution in [2.24, 2.45) is 0 Å². The normalized spacial score (nSPS) is 16.0. The molecule has 1 aromatic rings. The number of halogens is 1.